The lowest BCUT2D eigenvalue weighted by atomic mass is 10.3. The molecule has 0 aliphatic carbocycles. The van der Waals surface area contributed by atoms with Crippen molar-refractivity contribution >= 4 is 5.78 Å². The van der Waals surface area contributed by atoms with Crippen LogP contribution < -0.4 is 0 Å². The quantitative estimate of drug-likeness (QED) is 0.719. The summed E-state index contributed by atoms with van der Waals surface area (Å²) in [4.78, 5) is 15.9. The van der Waals surface area contributed by atoms with Crippen molar-refractivity contribution in [2.45, 2.75) is 20.4 Å². The average Bonchev–Trinajstić information content (AvgIpc) is 2.84. The van der Waals surface area contributed by atoms with E-state index in [9.17, 15) is 4.79 Å². The molecule has 0 spiro atoms. The van der Waals surface area contributed by atoms with E-state index >= 15 is 0 Å². The van der Waals surface area contributed by atoms with Crippen LogP contribution in [-0.4, -0.2) is 15.3 Å². The summed E-state index contributed by atoms with van der Waals surface area (Å²) >= 11 is 0. The largest absolute Gasteiger partial charge is 0.458 e. The van der Waals surface area contributed by atoms with Gasteiger partial charge in [0, 0.05) is 18.9 Å². The van der Waals surface area contributed by atoms with Crippen LogP contribution in [0.1, 0.15) is 29.1 Å². The van der Waals surface area contributed by atoms with E-state index in [0.717, 1.165) is 12.3 Å². The highest BCUT2D eigenvalue weighted by Crippen LogP contribution is 2.11. The summed E-state index contributed by atoms with van der Waals surface area (Å²) < 4.78 is 7.06. The molecule has 0 saturated heterocycles. The molecule has 0 fully saturated rings. The lowest BCUT2D eigenvalue weighted by molar-refractivity contribution is 0.0994. The van der Waals surface area contributed by atoms with Crippen LogP contribution in [0.4, 0.5) is 0 Å². The highest BCUT2D eigenvalue weighted by Gasteiger charge is 2.17. The summed E-state index contributed by atoms with van der Waals surface area (Å²) in [5.74, 6) is 1.32. The maximum Gasteiger partial charge on any atom is 0.263 e. The minimum atomic E-state index is -0.171. The van der Waals surface area contributed by atoms with Crippen LogP contribution in [0.25, 0.3) is 0 Å². The number of hydrogen-bond acceptors (Lipinski definition) is 3. The Morgan fingerprint density at radius 1 is 1.53 bits per heavy atom. The lowest BCUT2D eigenvalue weighted by Gasteiger charge is -2.00. The number of carbonyl (C=O) groups is 1. The number of aromatic nitrogens is 2. The molecule has 15 heavy (non-hydrogen) atoms. The van der Waals surface area contributed by atoms with Crippen molar-refractivity contribution in [1.82, 2.24) is 9.55 Å². The number of furan rings is 1. The fourth-order valence-electron chi connectivity index (χ4n) is 1.44. The van der Waals surface area contributed by atoms with Gasteiger partial charge in [-0.1, -0.05) is 0 Å². The van der Waals surface area contributed by atoms with Gasteiger partial charge in [-0.3, -0.25) is 4.79 Å². The molecule has 0 amide bonds. The van der Waals surface area contributed by atoms with Crippen molar-refractivity contribution in [3.63, 3.8) is 0 Å². The Morgan fingerprint density at radius 3 is 2.93 bits per heavy atom. The van der Waals surface area contributed by atoms with Crippen LogP contribution in [0.5, 0.6) is 0 Å². The zero-order chi connectivity index (χ0) is 10.8. The molecule has 78 valence electrons. The maximum absolute atomic E-state index is 11.9. The Balaban J connectivity index is 2.36. The van der Waals surface area contributed by atoms with Crippen molar-refractivity contribution in [3.8, 4) is 0 Å². The summed E-state index contributed by atoms with van der Waals surface area (Å²) in [7, 11) is 0. The Morgan fingerprint density at radius 2 is 2.33 bits per heavy atom. The predicted molar refractivity (Wildman–Crippen MR) is 54.8 cm³/mol. The molecule has 0 aliphatic rings. The molecule has 2 aromatic rings. The Bertz CT molecular complexity index is 482. The van der Waals surface area contributed by atoms with Gasteiger partial charge in [0.1, 0.15) is 5.76 Å². The highest BCUT2D eigenvalue weighted by atomic mass is 16.3. The normalized spacial score (nSPS) is 10.5. The lowest BCUT2D eigenvalue weighted by Crippen LogP contribution is -2.09. The van der Waals surface area contributed by atoms with E-state index in [0.29, 0.717) is 11.6 Å². The van der Waals surface area contributed by atoms with Crippen molar-refractivity contribution in [2.75, 3.05) is 0 Å². The molecule has 0 N–H and O–H groups in total. The fourth-order valence-corrected chi connectivity index (χ4v) is 1.44. The van der Waals surface area contributed by atoms with E-state index in [1.807, 2.05) is 13.8 Å². The summed E-state index contributed by atoms with van der Waals surface area (Å²) in [6.45, 7) is 4.50. The highest BCUT2D eigenvalue weighted by molar-refractivity contribution is 6.04. The topological polar surface area (TPSA) is 48.0 Å². The summed E-state index contributed by atoms with van der Waals surface area (Å²) in [5, 5.41) is 0. The first-order valence-corrected chi connectivity index (χ1v) is 4.84. The number of ketones is 1. The molecule has 0 aliphatic heterocycles. The van der Waals surface area contributed by atoms with Gasteiger partial charge in [0.15, 0.2) is 11.6 Å². The maximum atomic E-state index is 11.9. The Hall–Kier alpha value is -1.84. The zero-order valence-electron chi connectivity index (χ0n) is 8.73. The zero-order valence-corrected chi connectivity index (χ0v) is 8.73. The molecule has 2 rings (SSSR count). The van der Waals surface area contributed by atoms with Crippen LogP contribution in [-0.2, 0) is 6.54 Å². The molecule has 0 saturated carbocycles. The molecular formula is C11H12N2O2. The SMILES string of the molecule is CCn1ccnc1C(=O)c1ccc(C)o1. The van der Waals surface area contributed by atoms with Gasteiger partial charge in [-0.15, -0.1) is 0 Å². The molecule has 4 nitrogen and oxygen atoms in total. The second kappa shape index (κ2) is 3.73. The summed E-state index contributed by atoms with van der Waals surface area (Å²) in [6, 6.07) is 3.44. The standard InChI is InChI=1S/C11H12N2O2/c1-3-13-7-6-12-11(13)10(14)9-5-4-8(2)15-9/h4-7H,3H2,1-2H3. The minimum Gasteiger partial charge on any atom is -0.458 e. The Labute approximate surface area is 87.5 Å². The third kappa shape index (κ3) is 1.70. The van der Waals surface area contributed by atoms with Crippen LogP contribution >= 0.6 is 0 Å². The summed E-state index contributed by atoms with van der Waals surface area (Å²) in [6.07, 6.45) is 3.40. The molecule has 2 heterocycles. The van der Waals surface area contributed by atoms with Gasteiger partial charge in [0.2, 0.25) is 0 Å². The van der Waals surface area contributed by atoms with E-state index in [-0.39, 0.29) is 5.78 Å². The van der Waals surface area contributed by atoms with E-state index in [1.54, 1.807) is 29.1 Å². The van der Waals surface area contributed by atoms with Crippen LogP contribution in [0.15, 0.2) is 28.9 Å². The number of hydrogen-bond donors (Lipinski definition) is 0. The third-order valence-electron chi connectivity index (χ3n) is 2.22. The molecule has 2 aromatic heterocycles. The van der Waals surface area contributed by atoms with Gasteiger partial charge >= 0.3 is 0 Å². The number of imidazole rings is 1. The van der Waals surface area contributed by atoms with E-state index in [1.165, 1.54) is 0 Å². The van der Waals surface area contributed by atoms with Gasteiger partial charge in [-0.25, -0.2) is 4.98 Å². The van der Waals surface area contributed by atoms with E-state index in [2.05, 4.69) is 4.98 Å². The number of rotatable bonds is 3. The van der Waals surface area contributed by atoms with Crippen LogP contribution in [0.3, 0.4) is 0 Å². The molecule has 0 aromatic carbocycles. The number of aryl methyl sites for hydroxylation is 2. The average molecular weight is 204 g/mol. The molecule has 0 atom stereocenters. The predicted octanol–water partition coefficient (Wildman–Crippen LogP) is 2.04. The number of nitrogens with zero attached hydrogens (tertiary/aromatic N) is 2. The molecule has 0 radical (unpaired) electrons. The monoisotopic (exact) mass is 204 g/mol. The fraction of sp³-hybridized carbons (Fsp3) is 0.273. The minimum absolute atomic E-state index is 0.171. The molecular weight excluding hydrogens is 192 g/mol. The van der Waals surface area contributed by atoms with Gasteiger partial charge in [0.25, 0.3) is 5.78 Å². The first kappa shape index (κ1) is 9.71. The summed E-state index contributed by atoms with van der Waals surface area (Å²) in [5.41, 5.74) is 0. The van der Waals surface area contributed by atoms with Crippen molar-refractivity contribution in [3.05, 3.63) is 41.9 Å². The van der Waals surface area contributed by atoms with Crippen molar-refractivity contribution in [1.29, 1.82) is 0 Å². The third-order valence-corrected chi connectivity index (χ3v) is 2.22. The smallest absolute Gasteiger partial charge is 0.263 e. The van der Waals surface area contributed by atoms with Gasteiger partial charge < -0.3 is 8.98 Å². The van der Waals surface area contributed by atoms with Gasteiger partial charge in [0.05, 0.1) is 0 Å². The second-order valence-corrected chi connectivity index (χ2v) is 3.28. The second-order valence-electron chi connectivity index (χ2n) is 3.28. The van der Waals surface area contributed by atoms with E-state index < -0.39 is 0 Å². The van der Waals surface area contributed by atoms with Gasteiger partial charge in [-0.2, -0.15) is 0 Å². The molecule has 4 heteroatoms. The number of carbonyl (C=O) groups excluding carboxylic acids is 1. The van der Waals surface area contributed by atoms with E-state index in [4.69, 9.17) is 4.42 Å². The van der Waals surface area contributed by atoms with Crippen molar-refractivity contribution < 1.29 is 9.21 Å². The van der Waals surface area contributed by atoms with Crippen LogP contribution in [0.2, 0.25) is 0 Å². The van der Waals surface area contributed by atoms with Crippen LogP contribution in [0, 0.1) is 6.92 Å². The first-order chi connectivity index (χ1) is 7.22. The first-order valence-electron chi connectivity index (χ1n) is 4.84. The van der Waals surface area contributed by atoms with Gasteiger partial charge in [-0.05, 0) is 26.0 Å². The Kier molecular flexibility index (Phi) is 2.41. The molecule has 0 unspecified atom stereocenters. The molecule has 0 bridgehead atoms. The van der Waals surface area contributed by atoms with Crippen molar-refractivity contribution in [2.24, 2.45) is 0 Å².